The maximum Gasteiger partial charge on any atom is 0.194 e. The van der Waals surface area contributed by atoms with Crippen LogP contribution in [0.2, 0.25) is 0 Å². The average molecular weight is 358 g/mol. The first kappa shape index (κ1) is 22.1. The van der Waals surface area contributed by atoms with Gasteiger partial charge in [0.15, 0.2) is 5.60 Å². The van der Waals surface area contributed by atoms with Crippen LogP contribution in [0.5, 0.6) is 0 Å². The lowest BCUT2D eigenvalue weighted by Gasteiger charge is -2.29. The molecule has 0 fully saturated rings. The summed E-state index contributed by atoms with van der Waals surface area (Å²) >= 11 is 0. The molecule has 0 spiro atoms. The number of hydrogen-bond donors (Lipinski definition) is 0. The number of rotatable bonds is 10. The van der Waals surface area contributed by atoms with Gasteiger partial charge in [-0.15, -0.1) is 0 Å². The summed E-state index contributed by atoms with van der Waals surface area (Å²) in [7, 11) is 1.64. The van der Waals surface area contributed by atoms with Gasteiger partial charge in [-0.1, -0.05) is 34.9 Å². The van der Waals surface area contributed by atoms with E-state index in [4.69, 9.17) is 9.47 Å². The molecule has 0 aromatic carbocycles. The molecule has 0 saturated heterocycles. The van der Waals surface area contributed by atoms with E-state index in [0.717, 1.165) is 50.7 Å². The molecule has 3 heteroatoms. The van der Waals surface area contributed by atoms with Gasteiger partial charge in [0.05, 0.1) is 7.11 Å². The van der Waals surface area contributed by atoms with E-state index in [1.165, 1.54) is 16.7 Å². The summed E-state index contributed by atoms with van der Waals surface area (Å²) in [6.45, 7) is 8.69. The second kappa shape index (κ2) is 11.6. The lowest BCUT2D eigenvalue weighted by Crippen LogP contribution is -2.31. The van der Waals surface area contributed by atoms with Gasteiger partial charge in [0, 0.05) is 19.3 Å². The first-order valence-corrected chi connectivity index (χ1v) is 9.67. The first-order valence-electron chi connectivity index (χ1n) is 9.67. The molecule has 3 nitrogen and oxygen atoms in total. The van der Waals surface area contributed by atoms with Gasteiger partial charge < -0.3 is 9.47 Å². The molecular formula is C23H35NO2. The van der Waals surface area contributed by atoms with Gasteiger partial charge >= 0.3 is 0 Å². The van der Waals surface area contributed by atoms with Crippen LogP contribution in [0.15, 0.2) is 47.0 Å². The summed E-state index contributed by atoms with van der Waals surface area (Å²) < 4.78 is 10.9. The summed E-state index contributed by atoms with van der Waals surface area (Å²) in [5, 5.41) is 9.50. The maximum absolute atomic E-state index is 9.50. The molecule has 1 unspecified atom stereocenters. The molecule has 0 radical (unpaired) electrons. The third kappa shape index (κ3) is 8.43. The number of nitrogens with zero attached hydrogens (tertiary/aromatic N) is 1. The maximum atomic E-state index is 9.50. The molecule has 0 aromatic heterocycles. The van der Waals surface area contributed by atoms with Crippen molar-refractivity contribution < 1.29 is 9.47 Å². The Morgan fingerprint density at radius 1 is 1.12 bits per heavy atom. The van der Waals surface area contributed by atoms with Crippen LogP contribution in [0.4, 0.5) is 0 Å². The molecule has 144 valence electrons. The normalized spacial score (nSPS) is 20.7. The molecule has 0 N–H and O–H groups in total. The van der Waals surface area contributed by atoms with Gasteiger partial charge in [-0.05, 0) is 59.8 Å². The second-order valence-corrected chi connectivity index (χ2v) is 7.51. The Labute approximate surface area is 160 Å². The van der Waals surface area contributed by atoms with E-state index in [-0.39, 0.29) is 0 Å². The minimum Gasteiger partial charge on any atom is -0.498 e. The zero-order valence-electron chi connectivity index (χ0n) is 17.2. The van der Waals surface area contributed by atoms with Crippen LogP contribution in [0.3, 0.4) is 0 Å². The standard InChI is InChI=1S/C23H35NO2/c1-19(2)9-6-10-20(3)11-7-12-21(4)13-8-15-23(18-24)16-14-22(25-5)17-26-23/h9,11,13,17H,6-8,10,12,14-16H2,1-5H3/b20-11+,21-13+. The van der Waals surface area contributed by atoms with Crippen molar-refractivity contribution in [2.75, 3.05) is 7.11 Å². The fourth-order valence-corrected chi connectivity index (χ4v) is 2.98. The molecule has 0 saturated carbocycles. The van der Waals surface area contributed by atoms with Crippen LogP contribution >= 0.6 is 0 Å². The fourth-order valence-electron chi connectivity index (χ4n) is 2.98. The smallest absolute Gasteiger partial charge is 0.194 e. The Kier molecular flexibility index (Phi) is 9.88. The topological polar surface area (TPSA) is 42.2 Å². The van der Waals surface area contributed by atoms with Crippen molar-refractivity contribution in [3.8, 4) is 6.07 Å². The lowest BCUT2D eigenvalue weighted by molar-refractivity contribution is 0.0284. The van der Waals surface area contributed by atoms with Crippen molar-refractivity contribution in [1.82, 2.24) is 0 Å². The number of methoxy groups -OCH3 is 1. The van der Waals surface area contributed by atoms with Gasteiger partial charge in [0.1, 0.15) is 18.1 Å². The van der Waals surface area contributed by atoms with E-state index < -0.39 is 5.60 Å². The third-order valence-electron chi connectivity index (χ3n) is 4.82. The zero-order chi connectivity index (χ0) is 19.4. The largest absolute Gasteiger partial charge is 0.498 e. The van der Waals surface area contributed by atoms with Crippen molar-refractivity contribution in [3.05, 3.63) is 47.0 Å². The number of allylic oxidation sites excluding steroid dienone is 7. The van der Waals surface area contributed by atoms with Gasteiger partial charge in [-0.25, -0.2) is 0 Å². The van der Waals surface area contributed by atoms with Gasteiger partial charge in [0.25, 0.3) is 0 Å². The van der Waals surface area contributed by atoms with E-state index in [1.807, 2.05) is 0 Å². The Morgan fingerprint density at radius 2 is 1.73 bits per heavy atom. The highest BCUT2D eigenvalue weighted by Crippen LogP contribution is 2.31. The predicted octanol–water partition coefficient (Wildman–Crippen LogP) is 6.75. The molecular weight excluding hydrogens is 322 g/mol. The van der Waals surface area contributed by atoms with Crippen LogP contribution in [0, 0.1) is 11.3 Å². The average Bonchev–Trinajstić information content (AvgIpc) is 2.62. The van der Waals surface area contributed by atoms with Crippen molar-refractivity contribution in [3.63, 3.8) is 0 Å². The first-order chi connectivity index (χ1) is 12.4. The fraction of sp³-hybridized carbons (Fsp3) is 0.609. The highest BCUT2D eigenvalue weighted by Gasteiger charge is 2.33. The highest BCUT2D eigenvalue weighted by molar-refractivity contribution is 5.11. The van der Waals surface area contributed by atoms with E-state index in [9.17, 15) is 5.26 Å². The summed E-state index contributed by atoms with van der Waals surface area (Å²) in [5.74, 6) is 0.814. The van der Waals surface area contributed by atoms with Gasteiger partial charge in [-0.2, -0.15) is 5.26 Å². The van der Waals surface area contributed by atoms with E-state index in [1.54, 1.807) is 13.4 Å². The molecule has 1 rings (SSSR count). The second-order valence-electron chi connectivity index (χ2n) is 7.51. The summed E-state index contributed by atoms with van der Waals surface area (Å²) in [6.07, 6.45) is 16.0. The van der Waals surface area contributed by atoms with Gasteiger partial charge in [0.2, 0.25) is 0 Å². The number of nitriles is 1. The van der Waals surface area contributed by atoms with Crippen LogP contribution in [0.1, 0.15) is 79.1 Å². The molecule has 1 aliphatic heterocycles. The minimum atomic E-state index is -0.694. The highest BCUT2D eigenvalue weighted by atomic mass is 16.5. The van der Waals surface area contributed by atoms with Crippen molar-refractivity contribution >= 4 is 0 Å². The Balaban J connectivity index is 2.36. The third-order valence-corrected chi connectivity index (χ3v) is 4.82. The van der Waals surface area contributed by atoms with E-state index in [2.05, 4.69) is 52.0 Å². The summed E-state index contributed by atoms with van der Waals surface area (Å²) in [4.78, 5) is 0. The molecule has 1 heterocycles. The Bertz CT molecular complexity index is 600. The van der Waals surface area contributed by atoms with Crippen LogP contribution in [-0.2, 0) is 9.47 Å². The minimum absolute atomic E-state index is 0.694. The van der Waals surface area contributed by atoms with E-state index >= 15 is 0 Å². The van der Waals surface area contributed by atoms with Crippen LogP contribution in [-0.4, -0.2) is 12.7 Å². The molecule has 1 atom stereocenters. The van der Waals surface area contributed by atoms with Crippen molar-refractivity contribution in [2.24, 2.45) is 0 Å². The zero-order valence-corrected chi connectivity index (χ0v) is 17.2. The van der Waals surface area contributed by atoms with E-state index in [0.29, 0.717) is 6.42 Å². The quantitative estimate of drug-likeness (QED) is 0.406. The van der Waals surface area contributed by atoms with Gasteiger partial charge in [-0.3, -0.25) is 0 Å². The Morgan fingerprint density at radius 3 is 2.23 bits per heavy atom. The molecule has 26 heavy (non-hydrogen) atoms. The lowest BCUT2D eigenvalue weighted by atomic mass is 9.91. The number of ether oxygens (including phenoxy) is 2. The SMILES string of the molecule is COC1=COC(C#N)(CC/C=C(\C)CC/C=C(\C)CCC=C(C)C)CC1. The molecule has 0 aliphatic carbocycles. The molecule has 0 aromatic rings. The van der Waals surface area contributed by atoms with Crippen molar-refractivity contribution in [2.45, 2.75) is 84.7 Å². The summed E-state index contributed by atoms with van der Waals surface area (Å²) in [5.41, 5.74) is 3.55. The molecule has 0 amide bonds. The molecule has 1 aliphatic rings. The predicted molar refractivity (Wildman–Crippen MR) is 108 cm³/mol. The van der Waals surface area contributed by atoms with Crippen molar-refractivity contribution in [1.29, 1.82) is 5.26 Å². The monoisotopic (exact) mass is 357 g/mol. The molecule has 0 bridgehead atoms. The number of hydrogen-bond acceptors (Lipinski definition) is 3. The Hall–Kier alpha value is -1.95. The van der Waals surface area contributed by atoms with Crippen LogP contribution < -0.4 is 0 Å². The van der Waals surface area contributed by atoms with Crippen LogP contribution in [0.25, 0.3) is 0 Å². The summed E-state index contributed by atoms with van der Waals surface area (Å²) in [6, 6.07) is 2.36.